The fourth-order valence-electron chi connectivity index (χ4n) is 13.3. The summed E-state index contributed by atoms with van der Waals surface area (Å²) in [5.41, 5.74) is 0. The maximum absolute atomic E-state index is 13.1. The maximum Gasteiger partial charge on any atom is 0.472 e. The number of aliphatic hydroxyl groups is 1. The third-order valence-electron chi connectivity index (χ3n) is 20.1. The van der Waals surface area contributed by atoms with Crippen LogP contribution in [0.2, 0.25) is 0 Å². The molecule has 0 heterocycles. The summed E-state index contributed by atoms with van der Waals surface area (Å²) in [5.74, 6) is -2.10. The van der Waals surface area contributed by atoms with Crippen LogP contribution in [0.15, 0.2) is 0 Å². The third-order valence-corrected chi connectivity index (χ3v) is 22.0. The lowest BCUT2D eigenvalue weighted by Gasteiger charge is -2.21. The van der Waals surface area contributed by atoms with Crippen LogP contribution in [0.4, 0.5) is 0 Å². The summed E-state index contributed by atoms with van der Waals surface area (Å²) in [6.45, 7) is 5.04. The first-order valence-corrected chi connectivity index (χ1v) is 47.3. The Morgan fingerprint density at radius 2 is 0.385 bits per heavy atom. The van der Waals surface area contributed by atoms with Crippen LogP contribution in [0.25, 0.3) is 0 Å². The Morgan fingerprint density at radius 1 is 0.231 bits per heavy atom. The van der Waals surface area contributed by atoms with Crippen LogP contribution in [0.5, 0.6) is 0 Å². The summed E-state index contributed by atoms with van der Waals surface area (Å²) in [6, 6.07) is 0. The molecule has 0 aliphatic rings. The van der Waals surface area contributed by atoms with Crippen LogP contribution in [0, 0.1) is 0 Å². The molecule has 19 heteroatoms. The molecule has 2 unspecified atom stereocenters. The molecule has 0 spiro atoms. The Balaban J connectivity index is 5.20. The van der Waals surface area contributed by atoms with Crippen LogP contribution in [-0.2, 0) is 65.4 Å². The van der Waals surface area contributed by atoms with E-state index in [9.17, 15) is 43.2 Å². The highest BCUT2D eigenvalue weighted by Gasteiger charge is 2.30. The summed E-state index contributed by atoms with van der Waals surface area (Å²) in [7, 11) is -9.92. The van der Waals surface area contributed by atoms with E-state index in [1.807, 2.05) is 0 Å². The number of carbonyl (C=O) groups is 4. The molecule has 17 nitrogen and oxygen atoms in total. The minimum Gasteiger partial charge on any atom is -0.462 e. The lowest BCUT2D eigenvalue weighted by molar-refractivity contribution is -0.161. The Morgan fingerprint density at radius 3 is 0.567 bits per heavy atom. The van der Waals surface area contributed by atoms with Crippen molar-refractivity contribution in [3.05, 3.63) is 0 Å². The predicted octanol–water partition coefficient (Wildman–Crippen LogP) is 26.1. The monoisotopic (exact) mass is 1520 g/mol. The second-order valence-electron chi connectivity index (χ2n) is 30.6. The first kappa shape index (κ1) is 102. The highest BCUT2D eigenvalue weighted by molar-refractivity contribution is 7.47. The fourth-order valence-corrected chi connectivity index (χ4v) is 14.9. The van der Waals surface area contributed by atoms with Crippen molar-refractivity contribution in [2.75, 3.05) is 39.6 Å². The predicted molar refractivity (Wildman–Crippen MR) is 428 cm³/mol. The number of esters is 4. The van der Waals surface area contributed by atoms with E-state index in [0.29, 0.717) is 25.7 Å². The molecule has 104 heavy (non-hydrogen) atoms. The number of unbranched alkanes of at least 4 members (excludes halogenated alkanes) is 60. The van der Waals surface area contributed by atoms with E-state index in [0.717, 1.165) is 89.9 Å². The topological polar surface area (TPSA) is 237 Å². The highest BCUT2D eigenvalue weighted by Crippen LogP contribution is 2.45. The molecule has 0 bridgehead atoms. The molecule has 0 amide bonds. The van der Waals surface area contributed by atoms with Gasteiger partial charge in [0, 0.05) is 25.7 Å². The van der Waals surface area contributed by atoms with Crippen LogP contribution < -0.4 is 0 Å². The number of aliphatic hydroxyl groups excluding tert-OH is 1. The van der Waals surface area contributed by atoms with Crippen LogP contribution in [0.1, 0.15) is 464 Å². The van der Waals surface area contributed by atoms with Crippen molar-refractivity contribution in [3.63, 3.8) is 0 Å². The fraction of sp³-hybridized carbons (Fsp3) is 0.953. The molecule has 3 N–H and O–H groups in total. The zero-order valence-corrected chi connectivity index (χ0v) is 69.8. The molecule has 618 valence electrons. The Kier molecular flexibility index (Phi) is 77.7. The molecule has 0 saturated carbocycles. The standard InChI is InChI=1S/C85H166O17P2/c1-5-9-13-17-21-25-28-31-34-37-39-40-41-43-46-49-52-56-60-64-68-72-85(90)102-81(76-96-83(88)70-66-62-58-54-50-47-45-42-38-35-32-29-26-22-18-14-10-6-2)78-100-104(93,94)98-74-79(86)73-97-103(91,92)99-77-80(75-95-82(87)69-65-61-57-53-24-20-16-12-8-4)101-84(89)71-67-63-59-55-51-48-44-36-33-30-27-23-19-15-11-7-3/h79-81,86H,5-78H2,1-4H3,(H,91,92)(H,93,94)/t79-,80+,81+/m0/s1. The van der Waals surface area contributed by atoms with Gasteiger partial charge >= 0.3 is 39.5 Å². The second-order valence-corrected chi connectivity index (χ2v) is 33.5. The molecule has 0 aromatic heterocycles. The molecule has 0 aliphatic carbocycles. The Bertz CT molecular complexity index is 1960. The zero-order chi connectivity index (χ0) is 76.0. The van der Waals surface area contributed by atoms with Crippen LogP contribution in [0.3, 0.4) is 0 Å². The van der Waals surface area contributed by atoms with Gasteiger partial charge in [0.2, 0.25) is 0 Å². The van der Waals surface area contributed by atoms with E-state index in [1.165, 1.54) is 295 Å². The van der Waals surface area contributed by atoms with Gasteiger partial charge in [0.15, 0.2) is 12.2 Å². The van der Waals surface area contributed by atoms with Crippen molar-refractivity contribution in [3.8, 4) is 0 Å². The number of hydrogen-bond donors (Lipinski definition) is 3. The van der Waals surface area contributed by atoms with Crippen molar-refractivity contribution in [2.24, 2.45) is 0 Å². The molecule has 0 fully saturated rings. The Labute approximate surface area is 638 Å². The number of rotatable bonds is 86. The van der Waals surface area contributed by atoms with Gasteiger partial charge in [-0.25, -0.2) is 9.13 Å². The Hall–Kier alpha value is -1.94. The maximum atomic E-state index is 13.1. The van der Waals surface area contributed by atoms with Gasteiger partial charge in [0.05, 0.1) is 26.4 Å². The number of carbonyl (C=O) groups excluding carboxylic acids is 4. The molecule has 0 aromatic carbocycles. The van der Waals surface area contributed by atoms with Crippen molar-refractivity contribution in [1.29, 1.82) is 0 Å². The van der Waals surface area contributed by atoms with E-state index in [1.54, 1.807) is 0 Å². The largest absolute Gasteiger partial charge is 0.472 e. The smallest absolute Gasteiger partial charge is 0.462 e. The zero-order valence-electron chi connectivity index (χ0n) is 68.0. The lowest BCUT2D eigenvalue weighted by atomic mass is 10.0. The molecule has 0 saturated heterocycles. The number of phosphoric ester groups is 2. The number of ether oxygens (including phenoxy) is 4. The van der Waals surface area contributed by atoms with E-state index in [2.05, 4.69) is 27.7 Å². The first-order valence-electron chi connectivity index (χ1n) is 44.3. The minimum absolute atomic E-state index is 0.109. The minimum atomic E-state index is -4.96. The molecule has 0 rings (SSSR count). The van der Waals surface area contributed by atoms with E-state index >= 15 is 0 Å². The average Bonchev–Trinajstić information content (AvgIpc) is 0.907. The van der Waals surface area contributed by atoms with Crippen molar-refractivity contribution < 1.29 is 80.2 Å². The van der Waals surface area contributed by atoms with E-state index in [4.69, 9.17) is 37.0 Å². The third kappa shape index (κ3) is 78.2. The van der Waals surface area contributed by atoms with Gasteiger partial charge in [-0.05, 0) is 25.7 Å². The summed E-state index contributed by atoms with van der Waals surface area (Å²) < 4.78 is 68.8. The van der Waals surface area contributed by atoms with E-state index < -0.39 is 97.5 Å². The lowest BCUT2D eigenvalue weighted by Crippen LogP contribution is -2.30. The molecule has 5 atom stereocenters. The summed E-state index contributed by atoms with van der Waals surface area (Å²) in [4.78, 5) is 73.1. The quantitative estimate of drug-likeness (QED) is 0.0222. The summed E-state index contributed by atoms with van der Waals surface area (Å²) in [6.07, 6.45) is 73.7. The van der Waals surface area contributed by atoms with Gasteiger partial charge in [-0.2, -0.15) is 0 Å². The first-order chi connectivity index (χ1) is 50.7. The summed E-state index contributed by atoms with van der Waals surface area (Å²) in [5, 5.41) is 10.7. The van der Waals surface area contributed by atoms with Crippen molar-refractivity contribution in [2.45, 2.75) is 483 Å². The molecular weight excluding hydrogens is 1350 g/mol. The van der Waals surface area contributed by atoms with Gasteiger partial charge in [-0.1, -0.05) is 413 Å². The van der Waals surface area contributed by atoms with Crippen molar-refractivity contribution in [1.82, 2.24) is 0 Å². The van der Waals surface area contributed by atoms with Gasteiger partial charge < -0.3 is 33.8 Å². The SMILES string of the molecule is CCCCCCCCCCCCCCCCCCCCCCCC(=O)O[C@H](COC(=O)CCCCCCCCCCCCCCCCCCCC)COP(=O)(O)OC[C@@H](O)COP(=O)(O)OC[C@@H](COC(=O)CCCCCCCCCCC)OC(=O)CCCCCCCCCCCCCCCCCC. The van der Waals surface area contributed by atoms with E-state index in [-0.39, 0.29) is 25.7 Å². The van der Waals surface area contributed by atoms with Gasteiger partial charge in [-0.15, -0.1) is 0 Å². The van der Waals surface area contributed by atoms with Gasteiger partial charge in [0.1, 0.15) is 19.3 Å². The molecular formula is C85H166O17P2. The highest BCUT2D eigenvalue weighted by atomic mass is 31.2. The van der Waals surface area contributed by atoms with Crippen LogP contribution >= 0.6 is 15.6 Å². The van der Waals surface area contributed by atoms with Crippen molar-refractivity contribution >= 4 is 39.5 Å². The summed E-state index contributed by atoms with van der Waals surface area (Å²) >= 11 is 0. The average molecular weight is 1520 g/mol. The van der Waals surface area contributed by atoms with Crippen LogP contribution in [-0.4, -0.2) is 96.7 Å². The number of phosphoric acid groups is 2. The second kappa shape index (κ2) is 79.2. The molecule has 0 aliphatic heterocycles. The van der Waals surface area contributed by atoms with Gasteiger partial charge in [-0.3, -0.25) is 37.3 Å². The normalized spacial score (nSPS) is 13.7. The molecule has 0 aromatic rings. The number of hydrogen-bond acceptors (Lipinski definition) is 15. The molecule has 0 radical (unpaired) electrons. The van der Waals surface area contributed by atoms with Gasteiger partial charge in [0.25, 0.3) is 0 Å².